The van der Waals surface area contributed by atoms with E-state index in [1.54, 1.807) is 23.4 Å². The molecule has 174 valence electrons. The fourth-order valence-corrected chi connectivity index (χ4v) is 4.71. The Labute approximate surface area is 194 Å². The Kier molecular flexibility index (Phi) is 6.64. The van der Waals surface area contributed by atoms with Crippen LogP contribution >= 0.6 is 11.3 Å². The molecule has 0 saturated carbocycles. The van der Waals surface area contributed by atoms with E-state index in [0.717, 1.165) is 16.1 Å². The van der Waals surface area contributed by atoms with Gasteiger partial charge in [0.25, 0.3) is 11.5 Å². The first kappa shape index (κ1) is 22.8. The van der Waals surface area contributed by atoms with Crippen molar-refractivity contribution in [3.8, 4) is 5.75 Å². The van der Waals surface area contributed by atoms with Crippen LogP contribution in [0.3, 0.4) is 0 Å². The molecule has 0 fully saturated rings. The number of pyridine rings is 1. The first-order valence-corrected chi connectivity index (χ1v) is 11.5. The summed E-state index contributed by atoms with van der Waals surface area (Å²) in [6.45, 7) is 4.92. The number of furan rings is 1. The summed E-state index contributed by atoms with van der Waals surface area (Å²) in [5.74, 6) is -0.343. The van der Waals surface area contributed by atoms with Crippen molar-refractivity contribution in [3.63, 3.8) is 0 Å². The second-order valence-electron chi connectivity index (χ2n) is 7.75. The lowest BCUT2D eigenvalue weighted by molar-refractivity contribution is 0.0593. The van der Waals surface area contributed by atoms with E-state index in [0.29, 0.717) is 31.6 Å². The number of amides is 1. The van der Waals surface area contributed by atoms with Crippen LogP contribution in [0.25, 0.3) is 0 Å². The molecule has 0 saturated heterocycles. The van der Waals surface area contributed by atoms with Crippen LogP contribution < -0.4 is 10.3 Å². The highest BCUT2D eigenvalue weighted by molar-refractivity contribution is 7.09. The molecule has 0 unspecified atom stereocenters. The van der Waals surface area contributed by atoms with E-state index in [1.165, 1.54) is 35.3 Å². The third-order valence-corrected chi connectivity index (χ3v) is 6.75. The average Bonchev–Trinajstić information content (AvgIpc) is 3.34. The molecule has 1 aliphatic rings. The van der Waals surface area contributed by atoms with Crippen molar-refractivity contribution in [3.05, 3.63) is 67.4 Å². The van der Waals surface area contributed by atoms with Crippen LogP contribution in [0.15, 0.2) is 33.1 Å². The molecule has 0 aromatic carbocycles. The molecule has 4 heterocycles. The second kappa shape index (κ2) is 9.62. The Morgan fingerprint density at radius 3 is 2.73 bits per heavy atom. The molecule has 0 spiro atoms. The minimum Gasteiger partial charge on any atom is -0.492 e. The van der Waals surface area contributed by atoms with Crippen molar-refractivity contribution in [1.29, 1.82) is 0 Å². The molecule has 33 heavy (non-hydrogen) atoms. The van der Waals surface area contributed by atoms with Crippen molar-refractivity contribution >= 4 is 23.2 Å². The normalized spacial score (nSPS) is 13.4. The van der Waals surface area contributed by atoms with Crippen LogP contribution in [0.2, 0.25) is 0 Å². The van der Waals surface area contributed by atoms with E-state index in [-0.39, 0.29) is 41.7 Å². The second-order valence-corrected chi connectivity index (χ2v) is 8.69. The maximum Gasteiger partial charge on any atom is 0.343 e. The highest BCUT2D eigenvalue weighted by Crippen LogP contribution is 2.25. The summed E-state index contributed by atoms with van der Waals surface area (Å²) in [5, 5.41) is 0. The van der Waals surface area contributed by atoms with Crippen molar-refractivity contribution in [2.24, 2.45) is 0 Å². The topological polar surface area (TPSA) is 104 Å². The van der Waals surface area contributed by atoms with Crippen molar-refractivity contribution < 1.29 is 23.5 Å². The fourth-order valence-electron chi connectivity index (χ4n) is 3.94. The Morgan fingerprint density at radius 2 is 2.06 bits per heavy atom. The molecule has 0 aliphatic carbocycles. The first-order valence-electron chi connectivity index (χ1n) is 10.6. The maximum absolute atomic E-state index is 12.9. The number of fused-ring (bicyclic) bond motifs is 1. The van der Waals surface area contributed by atoms with E-state index >= 15 is 0 Å². The summed E-state index contributed by atoms with van der Waals surface area (Å²) in [7, 11) is 1.29. The van der Waals surface area contributed by atoms with Crippen molar-refractivity contribution in [1.82, 2.24) is 14.5 Å². The molecule has 3 aromatic rings. The molecule has 9 nitrogen and oxygen atoms in total. The number of aryl methyl sites for hydroxylation is 2. The standard InChI is InChI=1S/C23H25N3O6S/c1-14-5-10-32-21(14)22(28)25-7-4-16-20(23(29)30-3)17(12-19(27)26(16)9-8-25)31-11-6-18-15(2)24-13-33-18/h5,10,12-13H,4,6-9,11H2,1-3H3. The lowest BCUT2D eigenvalue weighted by atomic mass is 10.1. The Hall–Kier alpha value is -3.40. The number of methoxy groups -OCH3 is 1. The molecular formula is C23H25N3O6S. The molecule has 1 aliphatic heterocycles. The van der Waals surface area contributed by atoms with E-state index < -0.39 is 5.97 Å². The SMILES string of the molecule is COC(=O)c1c(OCCc2scnc2C)cc(=O)n2c1CCN(C(=O)c1occc1C)CC2. The Balaban J connectivity index is 1.60. The van der Waals surface area contributed by atoms with Crippen LogP contribution in [0.4, 0.5) is 0 Å². The van der Waals surface area contributed by atoms with Crippen LogP contribution in [0, 0.1) is 13.8 Å². The summed E-state index contributed by atoms with van der Waals surface area (Å²) in [6, 6.07) is 3.06. The molecule has 0 bridgehead atoms. The molecule has 3 aromatic heterocycles. The predicted octanol–water partition coefficient (Wildman–Crippen LogP) is 2.62. The fraction of sp³-hybridized carbons (Fsp3) is 0.391. The van der Waals surface area contributed by atoms with Crippen LogP contribution in [-0.4, -0.2) is 53.1 Å². The highest BCUT2D eigenvalue weighted by Gasteiger charge is 2.29. The first-order chi connectivity index (χ1) is 15.9. The van der Waals surface area contributed by atoms with Gasteiger partial charge in [-0.05, 0) is 19.9 Å². The van der Waals surface area contributed by atoms with Gasteiger partial charge in [-0.15, -0.1) is 11.3 Å². The zero-order valence-electron chi connectivity index (χ0n) is 18.8. The number of carbonyl (C=O) groups is 2. The van der Waals surface area contributed by atoms with Crippen molar-refractivity contribution in [2.45, 2.75) is 33.2 Å². The van der Waals surface area contributed by atoms with Crippen LogP contribution in [0.1, 0.15) is 42.7 Å². The van der Waals surface area contributed by atoms with Crippen molar-refractivity contribution in [2.75, 3.05) is 26.8 Å². The Bertz CT molecular complexity index is 1240. The number of carbonyl (C=O) groups excluding carboxylic acids is 2. The maximum atomic E-state index is 12.9. The lowest BCUT2D eigenvalue weighted by Crippen LogP contribution is -2.34. The zero-order chi connectivity index (χ0) is 23.5. The van der Waals surface area contributed by atoms with Gasteiger partial charge in [-0.2, -0.15) is 0 Å². The quantitative estimate of drug-likeness (QED) is 0.509. The molecule has 1 amide bonds. The van der Waals surface area contributed by atoms with E-state index in [4.69, 9.17) is 13.9 Å². The number of nitrogens with zero attached hydrogens (tertiary/aromatic N) is 3. The third-order valence-electron chi connectivity index (χ3n) is 5.76. The van der Waals surface area contributed by atoms with Gasteiger partial charge in [0, 0.05) is 54.7 Å². The molecule has 0 radical (unpaired) electrons. The number of hydrogen-bond acceptors (Lipinski definition) is 8. The van der Waals surface area contributed by atoms with Crippen LogP contribution in [-0.2, 0) is 24.1 Å². The number of rotatable bonds is 6. The average molecular weight is 472 g/mol. The smallest absolute Gasteiger partial charge is 0.343 e. The van der Waals surface area contributed by atoms with E-state index in [9.17, 15) is 14.4 Å². The summed E-state index contributed by atoms with van der Waals surface area (Å²) in [4.78, 5) is 45.5. The Morgan fingerprint density at radius 1 is 1.24 bits per heavy atom. The van der Waals surface area contributed by atoms with Gasteiger partial charge in [-0.25, -0.2) is 9.78 Å². The minimum absolute atomic E-state index is 0.196. The zero-order valence-corrected chi connectivity index (χ0v) is 19.6. The van der Waals surface area contributed by atoms with Gasteiger partial charge >= 0.3 is 5.97 Å². The van der Waals surface area contributed by atoms with Gasteiger partial charge in [0.2, 0.25) is 0 Å². The minimum atomic E-state index is -0.579. The highest BCUT2D eigenvalue weighted by atomic mass is 32.1. The lowest BCUT2D eigenvalue weighted by Gasteiger charge is -2.18. The van der Waals surface area contributed by atoms with Gasteiger partial charge < -0.3 is 23.4 Å². The monoisotopic (exact) mass is 471 g/mol. The summed E-state index contributed by atoms with van der Waals surface area (Å²) in [5.41, 5.74) is 3.91. The number of thiazole rings is 1. The largest absolute Gasteiger partial charge is 0.492 e. The van der Waals surface area contributed by atoms with Gasteiger partial charge in [0.1, 0.15) is 11.3 Å². The van der Waals surface area contributed by atoms with Crippen LogP contribution in [0.5, 0.6) is 5.75 Å². The summed E-state index contributed by atoms with van der Waals surface area (Å²) >= 11 is 1.54. The van der Waals surface area contributed by atoms with Gasteiger partial charge in [-0.1, -0.05) is 0 Å². The van der Waals surface area contributed by atoms with Gasteiger partial charge in [0.15, 0.2) is 5.76 Å². The van der Waals surface area contributed by atoms with E-state index in [1.807, 2.05) is 6.92 Å². The molecule has 0 N–H and O–H groups in total. The van der Waals surface area contributed by atoms with Gasteiger partial charge in [0.05, 0.1) is 31.2 Å². The van der Waals surface area contributed by atoms with E-state index in [2.05, 4.69) is 4.98 Å². The number of esters is 1. The molecule has 10 heteroatoms. The number of ether oxygens (including phenoxy) is 2. The predicted molar refractivity (Wildman–Crippen MR) is 121 cm³/mol. The molecule has 0 atom stereocenters. The number of aromatic nitrogens is 2. The summed E-state index contributed by atoms with van der Waals surface area (Å²) in [6.07, 6.45) is 2.39. The molecular weight excluding hydrogens is 446 g/mol. The molecule has 4 rings (SSSR count). The third kappa shape index (κ3) is 4.56. The summed E-state index contributed by atoms with van der Waals surface area (Å²) < 4.78 is 17.8. The number of hydrogen-bond donors (Lipinski definition) is 0. The van der Waals surface area contributed by atoms with Gasteiger partial charge in [-0.3, -0.25) is 9.59 Å².